The Morgan fingerprint density at radius 2 is 1.85 bits per heavy atom. The SMILES string of the molecule is CNc1cccc(-c2ccc(CCC(=O)OC)cc2)c1. The summed E-state index contributed by atoms with van der Waals surface area (Å²) >= 11 is 0. The molecule has 0 aliphatic rings. The quantitative estimate of drug-likeness (QED) is 0.844. The highest BCUT2D eigenvalue weighted by Gasteiger charge is 2.03. The summed E-state index contributed by atoms with van der Waals surface area (Å²) in [5.41, 5.74) is 4.58. The third-order valence-corrected chi connectivity index (χ3v) is 3.28. The minimum absolute atomic E-state index is 0.171. The number of esters is 1. The highest BCUT2D eigenvalue weighted by atomic mass is 16.5. The maximum Gasteiger partial charge on any atom is 0.305 e. The van der Waals surface area contributed by atoms with Gasteiger partial charge >= 0.3 is 5.97 Å². The Morgan fingerprint density at radius 1 is 1.10 bits per heavy atom. The number of rotatable bonds is 5. The van der Waals surface area contributed by atoms with Gasteiger partial charge in [0.25, 0.3) is 0 Å². The fourth-order valence-corrected chi connectivity index (χ4v) is 2.07. The zero-order valence-electron chi connectivity index (χ0n) is 11.8. The van der Waals surface area contributed by atoms with Crippen molar-refractivity contribution >= 4 is 11.7 Å². The molecule has 20 heavy (non-hydrogen) atoms. The van der Waals surface area contributed by atoms with Crippen LogP contribution in [0.15, 0.2) is 48.5 Å². The maximum absolute atomic E-state index is 11.1. The van der Waals surface area contributed by atoms with Crippen LogP contribution in [0, 0.1) is 0 Å². The van der Waals surface area contributed by atoms with Crippen LogP contribution in [0.5, 0.6) is 0 Å². The van der Waals surface area contributed by atoms with Gasteiger partial charge in [-0.05, 0) is 35.2 Å². The van der Waals surface area contributed by atoms with Gasteiger partial charge in [0.2, 0.25) is 0 Å². The topological polar surface area (TPSA) is 38.3 Å². The average Bonchev–Trinajstić information content (AvgIpc) is 2.53. The normalized spacial score (nSPS) is 10.1. The molecule has 0 fully saturated rings. The highest BCUT2D eigenvalue weighted by molar-refractivity contribution is 5.70. The van der Waals surface area contributed by atoms with E-state index in [0.717, 1.165) is 11.3 Å². The van der Waals surface area contributed by atoms with E-state index in [0.29, 0.717) is 12.8 Å². The molecule has 3 nitrogen and oxygen atoms in total. The zero-order valence-corrected chi connectivity index (χ0v) is 11.8. The lowest BCUT2D eigenvalue weighted by Crippen LogP contribution is -2.01. The van der Waals surface area contributed by atoms with Crippen molar-refractivity contribution in [3.8, 4) is 11.1 Å². The van der Waals surface area contributed by atoms with Gasteiger partial charge in [-0.15, -0.1) is 0 Å². The summed E-state index contributed by atoms with van der Waals surface area (Å²) < 4.78 is 4.64. The van der Waals surface area contributed by atoms with E-state index in [1.807, 2.05) is 19.2 Å². The number of benzene rings is 2. The summed E-state index contributed by atoms with van der Waals surface area (Å²) in [4.78, 5) is 11.1. The van der Waals surface area contributed by atoms with Crippen LogP contribution in [0.1, 0.15) is 12.0 Å². The number of aryl methyl sites for hydroxylation is 1. The number of anilines is 1. The lowest BCUT2D eigenvalue weighted by Gasteiger charge is -2.06. The number of ether oxygens (including phenoxy) is 1. The van der Waals surface area contributed by atoms with Crippen LogP contribution >= 0.6 is 0 Å². The van der Waals surface area contributed by atoms with Gasteiger partial charge in [-0.2, -0.15) is 0 Å². The van der Waals surface area contributed by atoms with Gasteiger partial charge in [-0.25, -0.2) is 0 Å². The second kappa shape index (κ2) is 6.75. The smallest absolute Gasteiger partial charge is 0.305 e. The summed E-state index contributed by atoms with van der Waals surface area (Å²) in [5, 5.41) is 3.14. The summed E-state index contributed by atoms with van der Waals surface area (Å²) in [5.74, 6) is -0.171. The molecule has 104 valence electrons. The van der Waals surface area contributed by atoms with Crippen LogP contribution in [0.25, 0.3) is 11.1 Å². The summed E-state index contributed by atoms with van der Waals surface area (Å²) in [6.07, 6.45) is 1.13. The molecule has 2 aromatic carbocycles. The predicted molar refractivity (Wildman–Crippen MR) is 81.8 cm³/mol. The first kappa shape index (κ1) is 14.1. The van der Waals surface area contributed by atoms with Crippen molar-refractivity contribution in [2.45, 2.75) is 12.8 Å². The molecule has 0 aliphatic carbocycles. The third kappa shape index (κ3) is 3.60. The van der Waals surface area contributed by atoms with Gasteiger partial charge in [0.1, 0.15) is 0 Å². The van der Waals surface area contributed by atoms with Crippen LogP contribution < -0.4 is 5.32 Å². The van der Waals surface area contributed by atoms with Crippen molar-refractivity contribution in [2.24, 2.45) is 0 Å². The second-order valence-electron chi connectivity index (χ2n) is 4.60. The van der Waals surface area contributed by atoms with Crippen LogP contribution in [0.2, 0.25) is 0 Å². The zero-order chi connectivity index (χ0) is 14.4. The molecule has 1 N–H and O–H groups in total. The molecule has 0 saturated heterocycles. The van der Waals surface area contributed by atoms with E-state index in [1.54, 1.807) is 0 Å². The Morgan fingerprint density at radius 3 is 2.50 bits per heavy atom. The molecule has 2 aromatic rings. The lowest BCUT2D eigenvalue weighted by atomic mass is 10.0. The minimum atomic E-state index is -0.171. The summed E-state index contributed by atoms with van der Waals surface area (Å²) in [6, 6.07) is 16.6. The molecule has 0 saturated carbocycles. The Kier molecular flexibility index (Phi) is 4.77. The molecule has 0 amide bonds. The third-order valence-electron chi connectivity index (χ3n) is 3.28. The monoisotopic (exact) mass is 269 g/mol. The van der Waals surface area contributed by atoms with Gasteiger partial charge in [-0.1, -0.05) is 36.4 Å². The molecule has 0 radical (unpaired) electrons. The molecular weight excluding hydrogens is 250 g/mol. The number of nitrogens with one attached hydrogen (secondary N) is 1. The van der Waals surface area contributed by atoms with Crippen LogP contribution in [0.4, 0.5) is 5.69 Å². The van der Waals surface area contributed by atoms with Crippen LogP contribution in [0.3, 0.4) is 0 Å². The average molecular weight is 269 g/mol. The van der Waals surface area contributed by atoms with Gasteiger partial charge in [0.05, 0.1) is 7.11 Å². The van der Waals surface area contributed by atoms with E-state index in [9.17, 15) is 4.79 Å². The van der Waals surface area contributed by atoms with Crippen molar-refractivity contribution in [1.82, 2.24) is 0 Å². The number of carbonyl (C=O) groups is 1. The number of hydrogen-bond acceptors (Lipinski definition) is 3. The Balaban J connectivity index is 2.09. The molecule has 0 unspecified atom stereocenters. The van der Waals surface area contributed by atoms with Crippen molar-refractivity contribution < 1.29 is 9.53 Å². The van der Waals surface area contributed by atoms with Gasteiger partial charge < -0.3 is 10.1 Å². The Hall–Kier alpha value is -2.29. The van der Waals surface area contributed by atoms with Crippen molar-refractivity contribution in [3.63, 3.8) is 0 Å². The minimum Gasteiger partial charge on any atom is -0.469 e. The fraction of sp³-hybridized carbons (Fsp3) is 0.235. The Labute approximate surface area is 119 Å². The Bertz CT molecular complexity index is 576. The van der Waals surface area contributed by atoms with E-state index >= 15 is 0 Å². The maximum atomic E-state index is 11.1. The van der Waals surface area contributed by atoms with Crippen molar-refractivity contribution in [3.05, 3.63) is 54.1 Å². The van der Waals surface area contributed by atoms with Gasteiger partial charge in [0, 0.05) is 19.2 Å². The second-order valence-corrected chi connectivity index (χ2v) is 4.60. The first-order valence-electron chi connectivity index (χ1n) is 6.67. The molecule has 2 rings (SSSR count). The summed E-state index contributed by atoms with van der Waals surface area (Å²) in [6.45, 7) is 0. The molecule has 0 atom stereocenters. The predicted octanol–water partition coefficient (Wildman–Crippen LogP) is 3.50. The number of carbonyl (C=O) groups excluding carboxylic acids is 1. The largest absolute Gasteiger partial charge is 0.469 e. The first-order valence-corrected chi connectivity index (χ1v) is 6.67. The molecule has 0 aliphatic heterocycles. The first-order chi connectivity index (χ1) is 9.72. The molecule has 0 heterocycles. The molecular formula is C17H19NO2. The van der Waals surface area contributed by atoms with Crippen molar-refractivity contribution in [1.29, 1.82) is 0 Å². The standard InChI is InChI=1S/C17H19NO2/c1-18-16-5-3-4-15(12-16)14-9-6-13(7-10-14)8-11-17(19)20-2/h3-7,9-10,12,18H,8,11H2,1-2H3. The van der Waals surface area contributed by atoms with Gasteiger partial charge in [0.15, 0.2) is 0 Å². The number of hydrogen-bond donors (Lipinski definition) is 1. The number of methoxy groups -OCH3 is 1. The lowest BCUT2D eigenvalue weighted by molar-refractivity contribution is -0.140. The van der Waals surface area contributed by atoms with E-state index < -0.39 is 0 Å². The van der Waals surface area contributed by atoms with E-state index in [4.69, 9.17) is 0 Å². The van der Waals surface area contributed by atoms with E-state index in [-0.39, 0.29) is 5.97 Å². The molecule has 0 aromatic heterocycles. The van der Waals surface area contributed by atoms with Crippen LogP contribution in [-0.4, -0.2) is 20.1 Å². The molecule has 0 spiro atoms. The molecule has 0 bridgehead atoms. The highest BCUT2D eigenvalue weighted by Crippen LogP contribution is 2.23. The van der Waals surface area contributed by atoms with E-state index in [1.165, 1.54) is 18.2 Å². The van der Waals surface area contributed by atoms with Gasteiger partial charge in [-0.3, -0.25) is 4.79 Å². The fourth-order valence-electron chi connectivity index (χ4n) is 2.07. The van der Waals surface area contributed by atoms with Crippen LogP contribution in [-0.2, 0) is 16.0 Å². The van der Waals surface area contributed by atoms with Crippen molar-refractivity contribution in [2.75, 3.05) is 19.5 Å². The molecule has 3 heteroatoms. The summed E-state index contributed by atoms with van der Waals surface area (Å²) in [7, 11) is 3.33. The van der Waals surface area contributed by atoms with E-state index in [2.05, 4.69) is 46.5 Å².